The van der Waals surface area contributed by atoms with Gasteiger partial charge >= 0.3 is 0 Å². The molecule has 0 aromatic carbocycles. The summed E-state index contributed by atoms with van der Waals surface area (Å²) >= 11 is 0. The van der Waals surface area contributed by atoms with Crippen molar-refractivity contribution in [3.63, 3.8) is 0 Å². The highest BCUT2D eigenvalue weighted by molar-refractivity contribution is 6.74. The van der Waals surface area contributed by atoms with Gasteiger partial charge in [0.25, 0.3) is 0 Å². The zero-order valence-corrected chi connectivity index (χ0v) is 14.4. The molecule has 6 heteroatoms. The summed E-state index contributed by atoms with van der Waals surface area (Å²) in [7, 11) is -1.66. The third-order valence-electron chi connectivity index (χ3n) is 3.69. The van der Waals surface area contributed by atoms with Crippen LogP contribution < -0.4 is 4.74 Å². The highest BCUT2D eigenvalue weighted by Gasteiger charge is 2.36. The molecule has 0 radical (unpaired) electrons. The number of hydrogen-bond donors (Lipinski definition) is 0. The van der Waals surface area contributed by atoms with Crippen molar-refractivity contribution in [1.29, 1.82) is 0 Å². The second kappa shape index (κ2) is 6.54. The Kier molecular flexibility index (Phi) is 5.53. The fourth-order valence-corrected chi connectivity index (χ4v) is 2.43. The second-order valence-corrected chi connectivity index (χ2v) is 11.2. The lowest BCUT2D eigenvalue weighted by Gasteiger charge is -2.36. The van der Waals surface area contributed by atoms with Crippen LogP contribution in [0, 0.1) is 0 Å². The highest BCUT2D eigenvalue weighted by Crippen LogP contribution is 2.36. The summed E-state index contributed by atoms with van der Waals surface area (Å²) in [6, 6.07) is 1.69. The number of nitrogens with zero attached hydrogens (tertiary/aromatic N) is 2. The Labute approximate surface area is 122 Å². The molecule has 5 nitrogen and oxygen atoms in total. The first-order valence-electron chi connectivity index (χ1n) is 6.97. The molecule has 20 heavy (non-hydrogen) atoms. The summed E-state index contributed by atoms with van der Waals surface area (Å²) < 4.78 is 12.8. The zero-order valence-electron chi connectivity index (χ0n) is 13.4. The van der Waals surface area contributed by atoms with Crippen LogP contribution in [0.4, 0.5) is 0 Å². The minimum atomic E-state index is -1.66. The SMILES string of the molecule is CC(=O)n1ccc(OCCCO[Si](C)(C)C(C)(C)C)n1. The summed E-state index contributed by atoms with van der Waals surface area (Å²) in [6.07, 6.45) is 2.42. The van der Waals surface area contributed by atoms with Crippen LogP contribution in [0.25, 0.3) is 0 Å². The number of rotatable bonds is 6. The van der Waals surface area contributed by atoms with Crippen LogP contribution in [0.3, 0.4) is 0 Å². The fraction of sp³-hybridized carbons (Fsp3) is 0.714. The molecule has 1 rings (SSSR count). The molecular formula is C14H26N2O3Si. The van der Waals surface area contributed by atoms with Crippen molar-refractivity contribution in [2.24, 2.45) is 0 Å². The van der Waals surface area contributed by atoms with E-state index in [4.69, 9.17) is 9.16 Å². The molecule has 0 saturated carbocycles. The van der Waals surface area contributed by atoms with Crippen LogP contribution in [0.1, 0.15) is 38.9 Å². The maximum Gasteiger partial charge on any atom is 0.243 e. The van der Waals surface area contributed by atoms with Crippen molar-refractivity contribution in [3.05, 3.63) is 12.3 Å². The van der Waals surface area contributed by atoms with E-state index in [1.807, 2.05) is 0 Å². The van der Waals surface area contributed by atoms with Crippen LogP contribution in [0.5, 0.6) is 5.88 Å². The van der Waals surface area contributed by atoms with Crippen LogP contribution in [-0.2, 0) is 4.43 Å². The van der Waals surface area contributed by atoms with Crippen molar-refractivity contribution in [1.82, 2.24) is 9.78 Å². The summed E-state index contributed by atoms with van der Waals surface area (Å²) in [5, 5.41) is 4.24. The highest BCUT2D eigenvalue weighted by atomic mass is 28.4. The predicted octanol–water partition coefficient (Wildman–Crippen LogP) is 3.33. The largest absolute Gasteiger partial charge is 0.477 e. The number of carbonyl (C=O) groups is 1. The molecule has 0 aliphatic heterocycles. The minimum Gasteiger partial charge on any atom is -0.477 e. The molecule has 0 N–H and O–H groups in total. The van der Waals surface area contributed by atoms with E-state index in [0.717, 1.165) is 6.42 Å². The Morgan fingerprint density at radius 1 is 1.35 bits per heavy atom. The maximum atomic E-state index is 11.1. The quantitative estimate of drug-likeness (QED) is 0.597. The smallest absolute Gasteiger partial charge is 0.243 e. The van der Waals surface area contributed by atoms with E-state index >= 15 is 0 Å². The van der Waals surface area contributed by atoms with Gasteiger partial charge < -0.3 is 9.16 Å². The maximum absolute atomic E-state index is 11.1. The third kappa shape index (κ3) is 4.75. The Balaban J connectivity index is 2.27. The van der Waals surface area contributed by atoms with Gasteiger partial charge in [0.2, 0.25) is 11.8 Å². The van der Waals surface area contributed by atoms with E-state index in [-0.39, 0.29) is 10.9 Å². The number of ether oxygens (including phenoxy) is 1. The van der Waals surface area contributed by atoms with Gasteiger partial charge in [-0.25, -0.2) is 4.68 Å². The van der Waals surface area contributed by atoms with Gasteiger partial charge in [0.15, 0.2) is 8.32 Å². The summed E-state index contributed by atoms with van der Waals surface area (Å²) in [5.41, 5.74) is 0. The lowest BCUT2D eigenvalue weighted by molar-refractivity contribution is 0.0918. The van der Waals surface area contributed by atoms with Crippen LogP contribution in [0.2, 0.25) is 18.1 Å². The van der Waals surface area contributed by atoms with Crippen molar-refractivity contribution in [2.45, 2.75) is 52.2 Å². The monoisotopic (exact) mass is 298 g/mol. The molecule has 1 heterocycles. The summed E-state index contributed by atoms with van der Waals surface area (Å²) in [6.45, 7) is 13.9. The van der Waals surface area contributed by atoms with Gasteiger partial charge in [0, 0.05) is 32.2 Å². The number of aromatic nitrogens is 2. The Hall–Kier alpha value is -1.14. The fourth-order valence-electron chi connectivity index (χ4n) is 1.34. The number of hydrogen-bond acceptors (Lipinski definition) is 4. The van der Waals surface area contributed by atoms with E-state index in [9.17, 15) is 4.79 Å². The molecule has 0 spiro atoms. The summed E-state index contributed by atoms with van der Waals surface area (Å²) in [4.78, 5) is 11.1. The zero-order chi connectivity index (χ0) is 15.4. The molecule has 0 bridgehead atoms. The standard InChI is InChI=1S/C14H26N2O3Si/c1-12(17)16-9-8-13(15-16)18-10-7-11-19-20(5,6)14(2,3)4/h8-9H,7,10-11H2,1-6H3. The molecule has 0 aliphatic carbocycles. The molecule has 114 valence electrons. The Morgan fingerprint density at radius 3 is 2.50 bits per heavy atom. The average molecular weight is 298 g/mol. The van der Waals surface area contributed by atoms with E-state index in [2.05, 4.69) is 39.0 Å². The molecule has 0 atom stereocenters. The molecule has 1 aromatic rings. The topological polar surface area (TPSA) is 53.4 Å². The first kappa shape index (κ1) is 16.9. The van der Waals surface area contributed by atoms with Crippen molar-refractivity contribution < 1.29 is 14.0 Å². The van der Waals surface area contributed by atoms with Gasteiger partial charge in [-0.15, -0.1) is 5.10 Å². The predicted molar refractivity (Wildman–Crippen MR) is 81.8 cm³/mol. The minimum absolute atomic E-state index is 0.124. The summed E-state index contributed by atoms with van der Waals surface area (Å²) in [5.74, 6) is 0.355. The van der Waals surface area contributed by atoms with E-state index in [1.165, 1.54) is 11.6 Å². The van der Waals surface area contributed by atoms with Crippen LogP contribution >= 0.6 is 0 Å². The molecule has 0 saturated heterocycles. The second-order valence-electron chi connectivity index (χ2n) is 6.43. The van der Waals surface area contributed by atoms with E-state index < -0.39 is 8.32 Å². The van der Waals surface area contributed by atoms with Crippen LogP contribution in [0.15, 0.2) is 12.3 Å². The normalized spacial score (nSPS) is 12.5. The molecule has 0 fully saturated rings. The molecule has 0 aliphatic rings. The van der Waals surface area contributed by atoms with Gasteiger partial charge in [0.1, 0.15) is 0 Å². The first-order chi connectivity index (χ1) is 9.13. The third-order valence-corrected chi connectivity index (χ3v) is 8.23. The lowest BCUT2D eigenvalue weighted by atomic mass is 10.2. The number of carbonyl (C=O) groups excluding carboxylic acids is 1. The lowest BCUT2D eigenvalue weighted by Crippen LogP contribution is -2.41. The molecular weight excluding hydrogens is 272 g/mol. The van der Waals surface area contributed by atoms with Gasteiger partial charge in [0.05, 0.1) is 6.61 Å². The van der Waals surface area contributed by atoms with Crippen molar-refractivity contribution in [2.75, 3.05) is 13.2 Å². The molecule has 1 aromatic heterocycles. The molecule has 0 unspecified atom stereocenters. The van der Waals surface area contributed by atoms with Gasteiger partial charge in [-0.2, -0.15) is 0 Å². The van der Waals surface area contributed by atoms with Crippen LogP contribution in [-0.4, -0.2) is 37.2 Å². The Morgan fingerprint density at radius 2 is 2.00 bits per heavy atom. The van der Waals surface area contributed by atoms with Crippen molar-refractivity contribution in [3.8, 4) is 5.88 Å². The first-order valence-corrected chi connectivity index (χ1v) is 9.88. The van der Waals surface area contributed by atoms with Gasteiger partial charge in [-0.3, -0.25) is 4.79 Å². The molecule has 0 amide bonds. The van der Waals surface area contributed by atoms with Gasteiger partial charge in [-0.05, 0) is 18.1 Å². The van der Waals surface area contributed by atoms with E-state index in [0.29, 0.717) is 19.1 Å². The van der Waals surface area contributed by atoms with E-state index in [1.54, 1.807) is 12.3 Å². The van der Waals surface area contributed by atoms with Crippen molar-refractivity contribution >= 4 is 14.2 Å². The van der Waals surface area contributed by atoms with Gasteiger partial charge in [-0.1, -0.05) is 20.8 Å². The average Bonchev–Trinajstić information content (AvgIpc) is 2.75. The Bertz CT molecular complexity index is 450.